The van der Waals surface area contributed by atoms with Crippen LogP contribution in [0.5, 0.6) is 11.5 Å². The first-order valence-corrected chi connectivity index (χ1v) is 14.8. The minimum Gasteiger partial charge on any atom is -0.508 e. The molecule has 0 aromatic heterocycles. The zero-order valence-corrected chi connectivity index (χ0v) is 23.7. The summed E-state index contributed by atoms with van der Waals surface area (Å²) in [5.74, 6) is 0.519. The van der Waals surface area contributed by atoms with Crippen molar-refractivity contribution in [2.24, 2.45) is 11.8 Å². The Morgan fingerprint density at radius 3 is 2.42 bits per heavy atom. The van der Waals surface area contributed by atoms with Gasteiger partial charge in [-0.25, -0.2) is 13.2 Å². The van der Waals surface area contributed by atoms with Gasteiger partial charge >= 0.3 is 6.09 Å². The number of phenolic OH excluding ortho intramolecular Hbond substituents is 1. The molecule has 2 fully saturated rings. The van der Waals surface area contributed by atoms with Crippen molar-refractivity contribution in [3.63, 3.8) is 0 Å². The fourth-order valence-electron chi connectivity index (χ4n) is 4.94. The molecule has 2 aliphatic heterocycles. The van der Waals surface area contributed by atoms with E-state index in [0.29, 0.717) is 19.0 Å². The highest BCUT2D eigenvalue weighted by atomic mass is 32.2. The molecule has 12 heteroatoms. The predicted molar refractivity (Wildman–Crippen MR) is 146 cm³/mol. The first kappa shape index (κ1) is 30.1. The number of fused-ring (bicyclic) bond motifs is 1. The number of phenols is 1. The lowest BCUT2D eigenvalue weighted by atomic mass is 10.0. The molecule has 3 N–H and O–H groups in total. The number of amides is 1. The van der Waals surface area contributed by atoms with Gasteiger partial charge in [0.15, 0.2) is 0 Å². The number of hydrogen-bond donors (Lipinski definition) is 3. The van der Waals surface area contributed by atoms with Crippen LogP contribution in [0, 0.1) is 11.8 Å². The lowest BCUT2D eigenvalue weighted by molar-refractivity contribution is 0.0271. The molecule has 220 valence electrons. The number of alkyl carbamates (subject to hydrolysis) is 1. The molecule has 40 heavy (non-hydrogen) atoms. The molecule has 0 aliphatic carbocycles. The van der Waals surface area contributed by atoms with Gasteiger partial charge in [0.25, 0.3) is 0 Å². The van der Waals surface area contributed by atoms with Gasteiger partial charge in [0, 0.05) is 13.1 Å². The number of carbonyl (C=O) groups excluding carboxylic acids is 1. The van der Waals surface area contributed by atoms with E-state index in [-0.39, 0.29) is 54.7 Å². The fraction of sp³-hybridized carbons (Fsp3) is 0.536. The van der Waals surface area contributed by atoms with Crippen molar-refractivity contribution in [1.29, 1.82) is 0 Å². The number of sulfonamides is 1. The third-order valence-corrected chi connectivity index (χ3v) is 8.94. The van der Waals surface area contributed by atoms with Crippen molar-refractivity contribution in [2.75, 3.05) is 40.0 Å². The molecule has 5 atom stereocenters. The summed E-state index contributed by atoms with van der Waals surface area (Å²) in [5.41, 5.74) is 0.726. The minimum absolute atomic E-state index is 0.0300. The summed E-state index contributed by atoms with van der Waals surface area (Å²) in [6.45, 7) is 4.83. The Kier molecular flexibility index (Phi) is 9.90. The van der Waals surface area contributed by atoms with E-state index >= 15 is 0 Å². The third kappa shape index (κ3) is 7.43. The predicted octanol–water partition coefficient (Wildman–Crippen LogP) is 2.16. The summed E-state index contributed by atoms with van der Waals surface area (Å²) in [6.07, 6.45) is -2.44. The van der Waals surface area contributed by atoms with E-state index < -0.39 is 34.4 Å². The van der Waals surface area contributed by atoms with E-state index in [1.165, 1.54) is 35.7 Å². The van der Waals surface area contributed by atoms with E-state index in [4.69, 9.17) is 18.9 Å². The van der Waals surface area contributed by atoms with Crippen LogP contribution in [0.2, 0.25) is 0 Å². The van der Waals surface area contributed by atoms with Gasteiger partial charge in [-0.15, -0.1) is 0 Å². The van der Waals surface area contributed by atoms with Gasteiger partial charge < -0.3 is 34.5 Å². The minimum atomic E-state index is -3.97. The van der Waals surface area contributed by atoms with Gasteiger partial charge in [0.1, 0.15) is 17.6 Å². The molecule has 0 saturated carbocycles. The molecular weight excluding hydrogens is 540 g/mol. The molecular formula is C28H38N2O9S. The molecule has 2 heterocycles. The number of hydrogen-bond acceptors (Lipinski definition) is 9. The monoisotopic (exact) mass is 578 g/mol. The molecule has 2 aromatic rings. The molecule has 11 nitrogen and oxygen atoms in total. The highest BCUT2D eigenvalue weighted by molar-refractivity contribution is 7.89. The topological polar surface area (TPSA) is 144 Å². The number of methoxy groups -OCH3 is 1. The fourth-order valence-corrected chi connectivity index (χ4v) is 6.56. The van der Waals surface area contributed by atoms with Crippen LogP contribution in [0.4, 0.5) is 4.79 Å². The zero-order chi connectivity index (χ0) is 28.9. The van der Waals surface area contributed by atoms with Gasteiger partial charge in [-0.2, -0.15) is 4.31 Å². The van der Waals surface area contributed by atoms with Crippen LogP contribution < -0.4 is 10.1 Å². The van der Waals surface area contributed by atoms with E-state index in [9.17, 15) is 23.4 Å². The van der Waals surface area contributed by atoms with E-state index in [2.05, 4.69) is 5.32 Å². The summed E-state index contributed by atoms with van der Waals surface area (Å²) >= 11 is 0. The lowest BCUT2D eigenvalue weighted by Gasteiger charge is -2.31. The summed E-state index contributed by atoms with van der Waals surface area (Å²) in [4.78, 5) is 13.0. The Morgan fingerprint density at radius 1 is 1.07 bits per heavy atom. The van der Waals surface area contributed by atoms with Crippen molar-refractivity contribution in [1.82, 2.24) is 9.62 Å². The van der Waals surface area contributed by atoms with Crippen LogP contribution in [0.15, 0.2) is 53.4 Å². The number of nitrogens with one attached hydrogen (secondary N) is 1. The SMILES string of the molecule is COc1ccc(S(=O)(=O)N(CC(C)C)C[C@@H](O)[C@H](Cc2ccc(O)cc2)NC(=O)O[C@H]2CO[C@H]3COC[C@H]32)cc1. The summed E-state index contributed by atoms with van der Waals surface area (Å²) in [5, 5.41) is 23.8. The highest BCUT2D eigenvalue weighted by Crippen LogP contribution is 2.29. The Morgan fingerprint density at radius 2 is 1.77 bits per heavy atom. The molecule has 4 rings (SSSR count). The molecule has 0 spiro atoms. The molecule has 0 radical (unpaired) electrons. The van der Waals surface area contributed by atoms with Crippen molar-refractivity contribution >= 4 is 16.1 Å². The van der Waals surface area contributed by atoms with Crippen molar-refractivity contribution < 1.29 is 42.4 Å². The van der Waals surface area contributed by atoms with Crippen LogP contribution in [0.1, 0.15) is 19.4 Å². The zero-order valence-electron chi connectivity index (χ0n) is 22.9. The van der Waals surface area contributed by atoms with Gasteiger partial charge in [-0.05, 0) is 54.3 Å². The number of aliphatic hydroxyl groups is 1. The number of ether oxygens (including phenoxy) is 4. The van der Waals surface area contributed by atoms with Crippen molar-refractivity contribution in [2.45, 2.75) is 49.5 Å². The number of rotatable bonds is 12. The normalized spacial score (nSPS) is 22.2. The van der Waals surface area contributed by atoms with E-state index in [0.717, 1.165) is 5.56 Å². The van der Waals surface area contributed by atoms with Crippen LogP contribution in [-0.4, -0.2) is 93.4 Å². The van der Waals surface area contributed by atoms with Crippen LogP contribution in [0.25, 0.3) is 0 Å². The highest BCUT2D eigenvalue weighted by Gasteiger charge is 2.44. The summed E-state index contributed by atoms with van der Waals surface area (Å²) in [7, 11) is -2.48. The first-order chi connectivity index (χ1) is 19.1. The Labute approximate surface area is 235 Å². The van der Waals surface area contributed by atoms with Gasteiger partial charge in [-0.1, -0.05) is 26.0 Å². The lowest BCUT2D eigenvalue weighted by Crippen LogP contribution is -2.51. The molecule has 1 amide bonds. The standard InChI is InChI=1S/C28H38N2O9S/c1-18(2)13-30(40(34,35)22-10-8-21(36-3)9-11-22)14-25(32)24(12-19-4-6-20(31)7-5-19)29-28(33)39-27-17-38-26-16-37-15-23(26)27/h4-11,18,23-27,31-32H,12-17H2,1-3H3,(H,29,33)/t23-,24+,25-,26+,27+/m1/s1. The van der Waals surface area contributed by atoms with Gasteiger partial charge in [-0.3, -0.25) is 0 Å². The second kappa shape index (κ2) is 13.2. The van der Waals surface area contributed by atoms with Crippen molar-refractivity contribution in [3.05, 3.63) is 54.1 Å². The molecule has 0 bridgehead atoms. The third-order valence-electron chi connectivity index (χ3n) is 7.10. The average molecular weight is 579 g/mol. The van der Waals surface area contributed by atoms with Crippen LogP contribution in [0.3, 0.4) is 0 Å². The summed E-state index contributed by atoms with van der Waals surface area (Å²) in [6, 6.07) is 11.5. The molecule has 2 saturated heterocycles. The largest absolute Gasteiger partial charge is 0.508 e. The molecule has 2 aromatic carbocycles. The first-order valence-electron chi connectivity index (χ1n) is 13.3. The quantitative estimate of drug-likeness (QED) is 0.345. The second-order valence-electron chi connectivity index (χ2n) is 10.6. The van der Waals surface area contributed by atoms with Crippen molar-refractivity contribution in [3.8, 4) is 11.5 Å². The number of benzene rings is 2. The number of aliphatic hydroxyl groups excluding tert-OH is 1. The smallest absolute Gasteiger partial charge is 0.407 e. The van der Waals surface area contributed by atoms with Crippen LogP contribution in [-0.2, 0) is 30.7 Å². The second-order valence-corrected chi connectivity index (χ2v) is 12.5. The maximum atomic E-state index is 13.6. The van der Waals surface area contributed by atoms with Gasteiger partial charge in [0.05, 0.1) is 56.0 Å². The number of nitrogens with zero attached hydrogens (tertiary/aromatic N) is 1. The van der Waals surface area contributed by atoms with Crippen LogP contribution >= 0.6 is 0 Å². The Hall–Kier alpha value is -2.90. The average Bonchev–Trinajstić information content (AvgIpc) is 3.54. The maximum Gasteiger partial charge on any atom is 0.407 e. The van der Waals surface area contributed by atoms with E-state index in [1.54, 1.807) is 24.3 Å². The Bertz CT molecular complexity index is 1220. The maximum absolute atomic E-state index is 13.6. The van der Waals surface area contributed by atoms with E-state index in [1.807, 2.05) is 13.8 Å². The molecule has 2 aliphatic rings. The van der Waals surface area contributed by atoms with Gasteiger partial charge in [0.2, 0.25) is 10.0 Å². The number of aromatic hydroxyl groups is 1. The number of carbonyl (C=O) groups is 1. The summed E-state index contributed by atoms with van der Waals surface area (Å²) < 4.78 is 50.3. The molecule has 0 unspecified atom stereocenters. The Balaban J connectivity index is 1.52.